The van der Waals surface area contributed by atoms with Gasteiger partial charge in [0.15, 0.2) is 11.0 Å². The Balaban J connectivity index is 1.97. The van der Waals surface area contributed by atoms with Crippen molar-refractivity contribution in [2.24, 2.45) is 0 Å². The number of hydrogen-bond acceptors (Lipinski definition) is 4. The second-order valence-electron chi connectivity index (χ2n) is 6.59. The number of thioether (sulfide) groups is 1. The molecule has 0 saturated heterocycles. The average molecular weight is 449 g/mol. The van der Waals surface area contributed by atoms with Crippen molar-refractivity contribution in [3.63, 3.8) is 0 Å². The molecule has 5 nitrogen and oxygen atoms in total. The van der Waals surface area contributed by atoms with Crippen LogP contribution < -0.4 is 5.32 Å². The van der Waals surface area contributed by atoms with Crippen LogP contribution in [-0.4, -0.2) is 20.7 Å². The average Bonchev–Trinajstić information content (AvgIpc) is 3.13. The van der Waals surface area contributed by atoms with Gasteiger partial charge in [0.05, 0.1) is 16.8 Å². The first kappa shape index (κ1) is 21.7. The zero-order chi connectivity index (χ0) is 20.8. The van der Waals surface area contributed by atoms with Crippen LogP contribution in [0.2, 0.25) is 10.0 Å². The summed E-state index contributed by atoms with van der Waals surface area (Å²) in [5.74, 6) is 1.31. The van der Waals surface area contributed by atoms with Gasteiger partial charge in [-0.15, -0.1) is 10.2 Å². The molecular formula is C21H22Cl2N4OS. The van der Waals surface area contributed by atoms with Crippen LogP contribution in [0.5, 0.6) is 0 Å². The molecule has 152 valence electrons. The summed E-state index contributed by atoms with van der Waals surface area (Å²) in [5, 5.41) is 13.5. The molecule has 0 bridgehead atoms. The Bertz CT molecular complexity index is 978. The van der Waals surface area contributed by atoms with Crippen molar-refractivity contribution in [2.45, 2.75) is 43.6 Å². The molecule has 1 amide bonds. The summed E-state index contributed by atoms with van der Waals surface area (Å²) in [4.78, 5) is 12.1. The molecule has 0 aliphatic carbocycles. The molecular weight excluding hydrogens is 427 g/mol. The highest BCUT2D eigenvalue weighted by Gasteiger charge is 2.22. The van der Waals surface area contributed by atoms with E-state index in [0.29, 0.717) is 33.1 Å². The molecule has 1 unspecified atom stereocenters. The van der Waals surface area contributed by atoms with Crippen LogP contribution in [-0.2, 0) is 10.5 Å². The summed E-state index contributed by atoms with van der Waals surface area (Å²) in [6, 6.07) is 15.1. The van der Waals surface area contributed by atoms with Crippen LogP contribution in [0.4, 0.5) is 0 Å². The number of halogens is 2. The highest BCUT2D eigenvalue weighted by Crippen LogP contribution is 2.32. The number of nitrogens with zero attached hydrogens (tertiary/aromatic N) is 3. The van der Waals surface area contributed by atoms with Gasteiger partial charge in [0.2, 0.25) is 5.91 Å². The van der Waals surface area contributed by atoms with E-state index in [-0.39, 0.29) is 11.9 Å². The zero-order valence-corrected chi connectivity index (χ0v) is 18.6. The number of carbonyl (C=O) groups is 1. The van der Waals surface area contributed by atoms with Crippen LogP contribution in [0, 0.1) is 0 Å². The first-order chi connectivity index (χ1) is 14.0. The Morgan fingerprint density at radius 3 is 2.66 bits per heavy atom. The lowest BCUT2D eigenvalue weighted by Gasteiger charge is -2.17. The number of rotatable bonds is 8. The molecule has 0 aliphatic heterocycles. The second-order valence-corrected chi connectivity index (χ2v) is 8.37. The Kier molecular flexibility index (Phi) is 7.58. The van der Waals surface area contributed by atoms with Crippen LogP contribution in [0.1, 0.15) is 44.1 Å². The third kappa shape index (κ3) is 5.53. The molecule has 3 rings (SSSR count). The predicted molar refractivity (Wildman–Crippen MR) is 119 cm³/mol. The maximum atomic E-state index is 12.1. The summed E-state index contributed by atoms with van der Waals surface area (Å²) in [5.41, 5.74) is 1.86. The normalized spacial score (nSPS) is 12.0. The number of nitrogens with one attached hydrogen (secondary N) is 1. The van der Waals surface area contributed by atoms with E-state index < -0.39 is 0 Å². The molecule has 1 aromatic heterocycles. The van der Waals surface area contributed by atoms with E-state index in [1.807, 2.05) is 36.6 Å². The Hall–Kier alpha value is -2.02. The number of amides is 1. The summed E-state index contributed by atoms with van der Waals surface area (Å²) < 4.78 is 1.87. The van der Waals surface area contributed by atoms with E-state index in [1.165, 1.54) is 5.56 Å². The highest BCUT2D eigenvalue weighted by molar-refractivity contribution is 7.98. The first-order valence-corrected chi connectivity index (χ1v) is 11.1. The fraction of sp³-hybridized carbons (Fsp3) is 0.286. The Morgan fingerprint density at radius 2 is 1.93 bits per heavy atom. The summed E-state index contributed by atoms with van der Waals surface area (Å²) >= 11 is 14.3. The van der Waals surface area contributed by atoms with E-state index in [2.05, 4.69) is 27.6 Å². The monoisotopic (exact) mass is 448 g/mol. The fourth-order valence-corrected chi connectivity index (χ4v) is 4.14. The smallest absolute Gasteiger partial charge is 0.220 e. The van der Waals surface area contributed by atoms with Crippen molar-refractivity contribution in [1.29, 1.82) is 0 Å². The van der Waals surface area contributed by atoms with Gasteiger partial charge in [-0.25, -0.2) is 0 Å². The van der Waals surface area contributed by atoms with Crippen molar-refractivity contribution in [3.8, 4) is 5.69 Å². The number of carbonyl (C=O) groups excluding carboxylic acids is 1. The standard InChI is InChI=1S/C21H22Cl2N4OS/c1-3-7-19(28)24-14(2)20-25-26-21(29-13-15-8-5-4-6-9-15)27(20)18-12-16(22)10-11-17(18)23/h4-6,8-12,14H,3,7,13H2,1-2H3,(H,24,28). The Labute approximate surface area is 184 Å². The molecule has 0 fully saturated rings. The topological polar surface area (TPSA) is 59.8 Å². The minimum atomic E-state index is -0.331. The molecule has 1 atom stereocenters. The number of aromatic nitrogens is 3. The molecule has 1 N–H and O–H groups in total. The van der Waals surface area contributed by atoms with E-state index in [4.69, 9.17) is 23.2 Å². The van der Waals surface area contributed by atoms with Gasteiger partial charge in [0, 0.05) is 17.2 Å². The van der Waals surface area contributed by atoms with E-state index in [0.717, 1.165) is 12.2 Å². The zero-order valence-electron chi connectivity index (χ0n) is 16.2. The van der Waals surface area contributed by atoms with E-state index in [9.17, 15) is 4.79 Å². The van der Waals surface area contributed by atoms with Gasteiger partial charge in [-0.1, -0.05) is 72.2 Å². The van der Waals surface area contributed by atoms with Gasteiger partial charge >= 0.3 is 0 Å². The van der Waals surface area contributed by atoms with Gasteiger partial charge in [0.1, 0.15) is 0 Å². The van der Waals surface area contributed by atoms with E-state index in [1.54, 1.807) is 30.0 Å². The summed E-state index contributed by atoms with van der Waals surface area (Å²) in [6.07, 6.45) is 1.25. The Morgan fingerprint density at radius 1 is 1.17 bits per heavy atom. The van der Waals surface area contributed by atoms with Gasteiger partial charge in [-0.2, -0.15) is 0 Å². The molecule has 3 aromatic rings. The molecule has 2 aromatic carbocycles. The molecule has 8 heteroatoms. The van der Waals surface area contributed by atoms with Gasteiger partial charge in [-0.3, -0.25) is 9.36 Å². The molecule has 0 aliphatic rings. The number of benzene rings is 2. The second kappa shape index (κ2) is 10.1. The lowest BCUT2D eigenvalue weighted by molar-refractivity contribution is -0.121. The van der Waals surface area contributed by atoms with Crippen molar-refractivity contribution < 1.29 is 4.79 Å². The first-order valence-electron chi connectivity index (χ1n) is 9.36. The predicted octanol–water partition coefficient (Wildman–Crippen LogP) is 5.84. The minimum absolute atomic E-state index is 0.0229. The summed E-state index contributed by atoms with van der Waals surface area (Å²) in [6.45, 7) is 3.86. The van der Waals surface area contributed by atoms with Gasteiger partial charge in [-0.05, 0) is 37.1 Å². The molecule has 1 heterocycles. The van der Waals surface area contributed by atoms with Crippen molar-refractivity contribution in [3.05, 3.63) is 70.0 Å². The molecule has 29 heavy (non-hydrogen) atoms. The molecule has 0 spiro atoms. The SMILES string of the molecule is CCCC(=O)NC(C)c1nnc(SCc2ccccc2)n1-c1cc(Cl)ccc1Cl. The van der Waals surface area contributed by atoms with Crippen LogP contribution in [0.3, 0.4) is 0 Å². The molecule has 0 radical (unpaired) electrons. The van der Waals surface area contributed by atoms with Crippen LogP contribution in [0.15, 0.2) is 53.7 Å². The quantitative estimate of drug-likeness (QED) is 0.439. The minimum Gasteiger partial charge on any atom is -0.346 e. The molecule has 0 saturated carbocycles. The van der Waals surface area contributed by atoms with Crippen molar-refractivity contribution >= 4 is 40.9 Å². The third-order valence-electron chi connectivity index (χ3n) is 4.26. The maximum Gasteiger partial charge on any atom is 0.220 e. The van der Waals surface area contributed by atoms with Crippen LogP contribution in [0.25, 0.3) is 5.69 Å². The van der Waals surface area contributed by atoms with Crippen molar-refractivity contribution in [1.82, 2.24) is 20.1 Å². The fourth-order valence-electron chi connectivity index (χ4n) is 2.87. The third-order valence-corrected chi connectivity index (χ3v) is 5.81. The maximum absolute atomic E-state index is 12.1. The van der Waals surface area contributed by atoms with Crippen LogP contribution >= 0.6 is 35.0 Å². The lowest BCUT2D eigenvalue weighted by atomic mass is 10.2. The lowest BCUT2D eigenvalue weighted by Crippen LogP contribution is -2.28. The van der Waals surface area contributed by atoms with Gasteiger partial charge in [0.25, 0.3) is 0 Å². The van der Waals surface area contributed by atoms with E-state index >= 15 is 0 Å². The largest absolute Gasteiger partial charge is 0.346 e. The highest BCUT2D eigenvalue weighted by atomic mass is 35.5. The van der Waals surface area contributed by atoms with Crippen molar-refractivity contribution in [2.75, 3.05) is 0 Å². The van der Waals surface area contributed by atoms with Gasteiger partial charge < -0.3 is 5.32 Å². The number of hydrogen-bond donors (Lipinski definition) is 1. The summed E-state index contributed by atoms with van der Waals surface area (Å²) in [7, 11) is 0.